The summed E-state index contributed by atoms with van der Waals surface area (Å²) in [7, 11) is 0. The van der Waals surface area contributed by atoms with Crippen molar-refractivity contribution in [3.63, 3.8) is 0 Å². The minimum atomic E-state index is -0.947. The van der Waals surface area contributed by atoms with E-state index in [4.69, 9.17) is 17.7 Å². The number of nitrogens with zero attached hydrogens (tertiary/aromatic N) is 2. The normalized spacial score (nSPS) is 12.9. The lowest BCUT2D eigenvalue weighted by Crippen LogP contribution is -2.29. The van der Waals surface area contributed by atoms with Gasteiger partial charge in [0.05, 0.1) is 33.2 Å². The van der Waals surface area contributed by atoms with Crippen LogP contribution in [-0.4, -0.2) is 0 Å². The van der Waals surface area contributed by atoms with E-state index in [1.165, 1.54) is 0 Å². The van der Waals surface area contributed by atoms with Gasteiger partial charge in [0.1, 0.15) is 39.1 Å². The monoisotopic (exact) mass is 1010 g/mol. The Morgan fingerprint density at radius 2 is 0.658 bits per heavy atom. The van der Waals surface area contributed by atoms with Crippen LogP contribution in [0.1, 0.15) is 22.3 Å². The zero-order valence-corrected chi connectivity index (χ0v) is 42.4. The quantitative estimate of drug-likeness (QED) is 0.151. The number of fused-ring (bicyclic) bond motifs is 17. The van der Waals surface area contributed by atoms with E-state index >= 15 is 0 Å². The van der Waals surface area contributed by atoms with E-state index in [0.29, 0.717) is 0 Å². The van der Waals surface area contributed by atoms with Gasteiger partial charge in [0, 0.05) is 60.5 Å². The van der Waals surface area contributed by atoms with Gasteiger partial charge >= 0.3 is 0 Å². The molecule has 0 aliphatic heterocycles. The summed E-state index contributed by atoms with van der Waals surface area (Å²) in [6, 6.07) is 94.9. The second-order valence-corrected chi connectivity index (χ2v) is 20.6. The van der Waals surface area contributed by atoms with E-state index < -0.39 is 5.41 Å². The number of para-hydroxylation sites is 7. The van der Waals surface area contributed by atoms with Crippen molar-refractivity contribution in [3.05, 3.63) is 289 Å². The molecule has 0 bridgehead atoms. The third-order valence-electron chi connectivity index (χ3n) is 16.5. The highest BCUT2D eigenvalue weighted by atomic mass is 16.3. The number of furan rings is 4. The predicted octanol–water partition coefficient (Wildman–Crippen LogP) is 20.6. The molecule has 6 heteroatoms. The maximum absolute atomic E-state index is 7.51. The molecule has 6 nitrogen and oxygen atoms in total. The number of benzene rings is 12. The molecule has 1 aliphatic rings. The van der Waals surface area contributed by atoms with Crippen LogP contribution in [0.4, 0.5) is 34.1 Å². The van der Waals surface area contributed by atoms with Crippen LogP contribution >= 0.6 is 0 Å². The number of hydrogen-bond donors (Lipinski definition) is 0. The third-order valence-corrected chi connectivity index (χ3v) is 16.5. The van der Waals surface area contributed by atoms with Gasteiger partial charge in [-0.15, -0.1) is 0 Å². The van der Waals surface area contributed by atoms with Gasteiger partial charge in [-0.3, -0.25) is 0 Å². The molecule has 0 unspecified atom stereocenters. The van der Waals surface area contributed by atoms with Gasteiger partial charge < -0.3 is 27.5 Å². The first-order chi connectivity index (χ1) is 39.2. The lowest BCUT2D eigenvalue weighted by Gasteiger charge is -2.36. The number of hydrogen-bond acceptors (Lipinski definition) is 6. The molecule has 0 saturated heterocycles. The molecular formula is C73H44N2O4. The molecule has 4 aromatic heterocycles. The maximum Gasteiger partial charge on any atom is 0.159 e. The summed E-state index contributed by atoms with van der Waals surface area (Å²) in [6.45, 7) is 0. The van der Waals surface area contributed by atoms with Crippen LogP contribution in [0.25, 0.3) is 98.9 Å². The minimum absolute atomic E-state index is 0.771. The lowest BCUT2D eigenvalue weighted by atomic mass is 9.67. The Balaban J connectivity index is 1.06. The largest absolute Gasteiger partial charge is 0.456 e. The summed E-state index contributed by atoms with van der Waals surface area (Å²) in [5.74, 6) is 0. The van der Waals surface area contributed by atoms with Crippen LogP contribution in [0, 0.1) is 0 Å². The predicted molar refractivity (Wildman–Crippen MR) is 322 cm³/mol. The smallest absolute Gasteiger partial charge is 0.159 e. The highest BCUT2D eigenvalue weighted by molar-refractivity contribution is 6.25. The Hall–Kier alpha value is -10.6. The zero-order valence-electron chi connectivity index (χ0n) is 42.4. The van der Waals surface area contributed by atoms with Crippen LogP contribution in [0.2, 0.25) is 0 Å². The van der Waals surface area contributed by atoms with Crippen molar-refractivity contribution < 1.29 is 17.7 Å². The van der Waals surface area contributed by atoms with Gasteiger partial charge in [0.25, 0.3) is 0 Å². The molecule has 0 fully saturated rings. The van der Waals surface area contributed by atoms with E-state index in [9.17, 15) is 0 Å². The van der Waals surface area contributed by atoms with Gasteiger partial charge in [-0.1, -0.05) is 182 Å². The van der Waals surface area contributed by atoms with Crippen molar-refractivity contribution in [2.75, 3.05) is 9.80 Å². The van der Waals surface area contributed by atoms with Gasteiger partial charge in [0.2, 0.25) is 0 Å². The molecule has 0 saturated carbocycles. The lowest BCUT2D eigenvalue weighted by molar-refractivity contribution is 0.665. The van der Waals surface area contributed by atoms with Crippen molar-refractivity contribution in [1.29, 1.82) is 0 Å². The molecule has 1 aliphatic carbocycles. The van der Waals surface area contributed by atoms with Crippen LogP contribution in [0.15, 0.2) is 285 Å². The first-order valence-electron chi connectivity index (χ1n) is 26.8. The van der Waals surface area contributed by atoms with E-state index in [1.807, 2.05) is 18.2 Å². The maximum atomic E-state index is 7.51. The fourth-order valence-electron chi connectivity index (χ4n) is 13.3. The summed E-state index contributed by atoms with van der Waals surface area (Å²) < 4.78 is 28.4. The highest BCUT2D eigenvalue weighted by Crippen LogP contribution is 2.64. The average molecular weight is 1010 g/mol. The molecule has 16 aromatic rings. The third kappa shape index (κ3) is 6.16. The van der Waals surface area contributed by atoms with Crippen molar-refractivity contribution in [1.82, 2.24) is 0 Å². The van der Waals surface area contributed by atoms with Crippen molar-refractivity contribution in [2.24, 2.45) is 0 Å². The molecule has 370 valence electrons. The van der Waals surface area contributed by atoms with Gasteiger partial charge in [0.15, 0.2) is 5.58 Å². The fraction of sp³-hybridized carbons (Fsp3) is 0.0137. The summed E-state index contributed by atoms with van der Waals surface area (Å²) in [4.78, 5) is 4.79. The molecule has 0 amide bonds. The molecule has 0 spiro atoms. The molecule has 0 N–H and O–H groups in total. The van der Waals surface area contributed by atoms with Crippen molar-refractivity contribution in [2.45, 2.75) is 5.41 Å². The molecule has 79 heavy (non-hydrogen) atoms. The Kier molecular flexibility index (Phi) is 9.24. The van der Waals surface area contributed by atoms with Crippen LogP contribution in [0.5, 0.6) is 0 Å². The Morgan fingerprint density at radius 3 is 1.22 bits per heavy atom. The van der Waals surface area contributed by atoms with E-state index in [0.717, 1.165) is 155 Å². The minimum Gasteiger partial charge on any atom is -0.456 e. The topological polar surface area (TPSA) is 59.0 Å². The Morgan fingerprint density at radius 1 is 0.253 bits per heavy atom. The number of anilines is 6. The van der Waals surface area contributed by atoms with Crippen LogP contribution < -0.4 is 9.80 Å². The van der Waals surface area contributed by atoms with Crippen LogP contribution in [-0.2, 0) is 5.41 Å². The molecule has 4 heterocycles. The summed E-state index contributed by atoms with van der Waals surface area (Å²) in [5, 5.41) is 8.20. The molecular weight excluding hydrogens is 969 g/mol. The van der Waals surface area contributed by atoms with E-state index in [1.54, 1.807) is 0 Å². The molecule has 0 atom stereocenters. The standard InChI is InChI=1S/C73H44N2O4/c1-5-22-45(23-6-1)73(46-24-7-2-8-25-46)56-43-59(74(47-26-9-3-10-27-47)49-40-41-65-55(42-49)51-31-14-17-36-61(51)76-65)66-53-32-15-19-38-63(53)78-71(66)68(56)69-57(73)44-60(67-54-33-16-20-39-64(54)79-72(67)69)75(48-28-11-4-12-29-48)58-35-21-34-52-50-30-13-18-37-62(50)77-70(52)58/h1-44H. The van der Waals surface area contributed by atoms with Crippen molar-refractivity contribution >= 4 is 122 Å². The second-order valence-electron chi connectivity index (χ2n) is 20.6. The van der Waals surface area contributed by atoms with E-state index in [-0.39, 0.29) is 0 Å². The first kappa shape index (κ1) is 43.7. The Bertz CT molecular complexity index is 5050. The average Bonchev–Trinajstić information content (AvgIpc) is 4.45. The van der Waals surface area contributed by atoms with Crippen LogP contribution in [0.3, 0.4) is 0 Å². The fourth-order valence-corrected chi connectivity index (χ4v) is 13.3. The van der Waals surface area contributed by atoms with Gasteiger partial charge in [-0.25, -0.2) is 0 Å². The molecule has 17 rings (SSSR count). The summed E-state index contributed by atoms with van der Waals surface area (Å²) in [6.07, 6.45) is 0. The van der Waals surface area contributed by atoms with Crippen molar-refractivity contribution in [3.8, 4) is 11.1 Å². The number of rotatable bonds is 8. The van der Waals surface area contributed by atoms with Gasteiger partial charge in [-0.05, 0) is 107 Å². The van der Waals surface area contributed by atoms with Gasteiger partial charge in [-0.2, -0.15) is 0 Å². The SMILES string of the molecule is c1ccc(N(c2ccc3oc4ccccc4c3c2)c2cc3c(c4oc5ccccc5c24)-c2c(cc(N(c4ccccc4)c4cccc5c4oc4ccccc45)c4c2oc2ccccc24)C3(c2ccccc2)c2ccccc2)cc1. The summed E-state index contributed by atoms with van der Waals surface area (Å²) in [5.41, 5.74) is 17.6. The zero-order chi connectivity index (χ0) is 51.8. The second kappa shape index (κ2) is 16.7. The first-order valence-corrected chi connectivity index (χ1v) is 26.8. The van der Waals surface area contributed by atoms with E-state index in [2.05, 4.69) is 259 Å². The molecule has 0 radical (unpaired) electrons. The summed E-state index contributed by atoms with van der Waals surface area (Å²) >= 11 is 0. The Labute approximate surface area is 452 Å². The molecule has 12 aromatic carbocycles. The highest BCUT2D eigenvalue weighted by Gasteiger charge is 2.51.